The minimum absolute atomic E-state index is 0.239. The molecule has 0 amide bonds. The summed E-state index contributed by atoms with van der Waals surface area (Å²) in [6.45, 7) is 2.88. The van der Waals surface area contributed by atoms with E-state index in [1.165, 1.54) is 0 Å². The van der Waals surface area contributed by atoms with Crippen molar-refractivity contribution in [1.82, 2.24) is 0 Å². The van der Waals surface area contributed by atoms with E-state index in [1.807, 2.05) is 31.2 Å². The Hall–Kier alpha value is -2.21. The zero-order chi connectivity index (χ0) is 16.0. The summed E-state index contributed by atoms with van der Waals surface area (Å²) < 4.78 is 40.0. The standard InChI is InChI=1S/C17H17NO4S/c1-11-4-2-3-5-14(11)18-23(19,20)17-13-7-9-21-15(13)10-12-6-8-22-16(12)17/h2-5,10,18H,6-9H2,1H3. The summed E-state index contributed by atoms with van der Waals surface area (Å²) in [4.78, 5) is 0.239. The zero-order valence-corrected chi connectivity index (χ0v) is 13.6. The molecule has 4 rings (SSSR count). The minimum Gasteiger partial charge on any atom is -0.493 e. The quantitative estimate of drug-likeness (QED) is 0.939. The molecular weight excluding hydrogens is 314 g/mol. The fourth-order valence-electron chi connectivity index (χ4n) is 3.11. The molecule has 0 aromatic heterocycles. The van der Waals surface area contributed by atoms with Crippen LogP contribution in [0.15, 0.2) is 35.2 Å². The maximum atomic E-state index is 13.0. The summed E-state index contributed by atoms with van der Waals surface area (Å²) in [7, 11) is -3.74. The summed E-state index contributed by atoms with van der Waals surface area (Å²) in [5, 5.41) is 0. The predicted molar refractivity (Wildman–Crippen MR) is 86.8 cm³/mol. The number of fused-ring (bicyclic) bond motifs is 2. The van der Waals surface area contributed by atoms with Crippen molar-refractivity contribution in [1.29, 1.82) is 0 Å². The Labute approximate surface area is 135 Å². The number of rotatable bonds is 3. The fraction of sp³-hybridized carbons (Fsp3) is 0.294. The van der Waals surface area contributed by atoms with E-state index in [-0.39, 0.29) is 4.90 Å². The molecule has 0 spiro atoms. The summed E-state index contributed by atoms with van der Waals surface area (Å²) in [5.41, 5.74) is 3.07. The van der Waals surface area contributed by atoms with E-state index >= 15 is 0 Å². The highest BCUT2D eigenvalue weighted by Crippen LogP contribution is 2.43. The van der Waals surface area contributed by atoms with Crippen LogP contribution in [0.1, 0.15) is 16.7 Å². The molecule has 0 saturated carbocycles. The first-order valence-corrected chi connectivity index (χ1v) is 9.07. The first kappa shape index (κ1) is 14.4. The van der Waals surface area contributed by atoms with Crippen molar-refractivity contribution in [3.8, 4) is 11.5 Å². The van der Waals surface area contributed by atoms with Gasteiger partial charge in [0, 0.05) is 24.0 Å². The van der Waals surface area contributed by atoms with Crippen molar-refractivity contribution in [3.63, 3.8) is 0 Å². The molecule has 6 heteroatoms. The van der Waals surface area contributed by atoms with Crippen LogP contribution < -0.4 is 14.2 Å². The average molecular weight is 331 g/mol. The Morgan fingerprint density at radius 3 is 2.70 bits per heavy atom. The van der Waals surface area contributed by atoms with Gasteiger partial charge in [-0.1, -0.05) is 18.2 Å². The van der Waals surface area contributed by atoms with Gasteiger partial charge in [-0.25, -0.2) is 8.42 Å². The van der Waals surface area contributed by atoms with Crippen LogP contribution in [-0.2, 0) is 22.9 Å². The van der Waals surface area contributed by atoms with Crippen LogP contribution in [0.5, 0.6) is 11.5 Å². The maximum absolute atomic E-state index is 13.0. The van der Waals surface area contributed by atoms with Crippen molar-refractivity contribution in [2.45, 2.75) is 24.7 Å². The lowest BCUT2D eigenvalue weighted by Gasteiger charge is -2.15. The van der Waals surface area contributed by atoms with Crippen molar-refractivity contribution in [2.24, 2.45) is 0 Å². The van der Waals surface area contributed by atoms with E-state index in [9.17, 15) is 8.42 Å². The molecule has 1 N–H and O–H groups in total. The van der Waals surface area contributed by atoms with Crippen LogP contribution in [-0.4, -0.2) is 21.6 Å². The van der Waals surface area contributed by atoms with Gasteiger partial charge in [0.15, 0.2) is 0 Å². The van der Waals surface area contributed by atoms with Crippen LogP contribution in [0.2, 0.25) is 0 Å². The third-order valence-electron chi connectivity index (χ3n) is 4.26. The zero-order valence-electron chi connectivity index (χ0n) is 12.8. The minimum atomic E-state index is -3.74. The molecule has 2 aliphatic rings. The van der Waals surface area contributed by atoms with Crippen LogP contribution in [0.4, 0.5) is 5.69 Å². The number of hydrogen-bond acceptors (Lipinski definition) is 4. The largest absolute Gasteiger partial charge is 0.493 e. The lowest BCUT2D eigenvalue weighted by molar-refractivity contribution is 0.348. The van der Waals surface area contributed by atoms with Crippen molar-refractivity contribution in [2.75, 3.05) is 17.9 Å². The molecule has 120 valence electrons. The number of hydrogen-bond donors (Lipinski definition) is 1. The van der Waals surface area contributed by atoms with E-state index < -0.39 is 10.0 Å². The van der Waals surface area contributed by atoms with Gasteiger partial charge in [0.25, 0.3) is 10.0 Å². The van der Waals surface area contributed by atoms with Gasteiger partial charge in [-0.05, 0) is 24.6 Å². The molecule has 2 aromatic rings. The Morgan fingerprint density at radius 1 is 1.09 bits per heavy atom. The van der Waals surface area contributed by atoms with E-state index in [1.54, 1.807) is 6.07 Å². The highest BCUT2D eigenvalue weighted by molar-refractivity contribution is 7.92. The molecule has 0 radical (unpaired) electrons. The number of anilines is 1. The van der Waals surface area contributed by atoms with Crippen LogP contribution in [0.25, 0.3) is 0 Å². The fourth-order valence-corrected chi connectivity index (χ4v) is 4.69. The average Bonchev–Trinajstić information content (AvgIpc) is 3.14. The Morgan fingerprint density at radius 2 is 1.87 bits per heavy atom. The maximum Gasteiger partial charge on any atom is 0.266 e. The number of sulfonamides is 1. The number of ether oxygens (including phenoxy) is 2. The van der Waals surface area contributed by atoms with Crippen molar-refractivity contribution in [3.05, 3.63) is 47.0 Å². The molecule has 0 aliphatic carbocycles. The molecule has 0 atom stereocenters. The number of benzene rings is 2. The third-order valence-corrected chi connectivity index (χ3v) is 5.72. The lowest BCUT2D eigenvalue weighted by Crippen LogP contribution is -2.16. The predicted octanol–water partition coefficient (Wildman–Crippen LogP) is 2.67. The molecule has 2 heterocycles. The SMILES string of the molecule is Cc1ccccc1NS(=O)(=O)c1c2c(cc3c1OCC3)OCC2. The number of aryl methyl sites for hydroxylation is 1. The Kier molecular flexibility index (Phi) is 3.23. The molecule has 2 aromatic carbocycles. The van der Waals surface area contributed by atoms with Crippen LogP contribution in [0, 0.1) is 6.92 Å². The first-order valence-electron chi connectivity index (χ1n) is 7.59. The lowest BCUT2D eigenvalue weighted by atomic mass is 10.1. The van der Waals surface area contributed by atoms with Gasteiger partial charge in [0.05, 0.1) is 18.9 Å². The molecule has 23 heavy (non-hydrogen) atoms. The Balaban J connectivity index is 1.86. The smallest absolute Gasteiger partial charge is 0.266 e. The molecule has 0 unspecified atom stereocenters. The molecule has 5 nitrogen and oxygen atoms in total. The first-order chi connectivity index (χ1) is 11.1. The summed E-state index contributed by atoms with van der Waals surface area (Å²) in [5.74, 6) is 1.15. The number of para-hydroxylation sites is 1. The molecule has 0 bridgehead atoms. The molecular formula is C17H17NO4S. The second kappa shape index (κ2) is 5.16. The summed E-state index contributed by atoms with van der Waals surface area (Å²) in [6, 6.07) is 9.23. The topological polar surface area (TPSA) is 64.6 Å². The van der Waals surface area contributed by atoms with Gasteiger partial charge < -0.3 is 9.47 Å². The monoisotopic (exact) mass is 331 g/mol. The van der Waals surface area contributed by atoms with Gasteiger partial charge in [-0.3, -0.25) is 4.72 Å². The molecule has 0 fully saturated rings. The highest BCUT2D eigenvalue weighted by atomic mass is 32.2. The number of nitrogens with one attached hydrogen (secondary N) is 1. The van der Waals surface area contributed by atoms with Gasteiger partial charge in [-0.2, -0.15) is 0 Å². The van der Waals surface area contributed by atoms with Gasteiger partial charge >= 0.3 is 0 Å². The van der Waals surface area contributed by atoms with E-state index in [2.05, 4.69) is 4.72 Å². The van der Waals surface area contributed by atoms with E-state index in [0.29, 0.717) is 48.8 Å². The van der Waals surface area contributed by atoms with Gasteiger partial charge in [-0.15, -0.1) is 0 Å². The molecule has 0 saturated heterocycles. The highest BCUT2D eigenvalue weighted by Gasteiger charge is 2.33. The summed E-state index contributed by atoms with van der Waals surface area (Å²) >= 11 is 0. The van der Waals surface area contributed by atoms with Crippen molar-refractivity contribution < 1.29 is 17.9 Å². The normalized spacial score (nSPS) is 15.5. The van der Waals surface area contributed by atoms with Crippen molar-refractivity contribution >= 4 is 15.7 Å². The van der Waals surface area contributed by atoms with Gasteiger partial charge in [0.2, 0.25) is 0 Å². The molecule has 2 aliphatic heterocycles. The van der Waals surface area contributed by atoms with Crippen LogP contribution >= 0.6 is 0 Å². The van der Waals surface area contributed by atoms with E-state index in [4.69, 9.17) is 9.47 Å². The van der Waals surface area contributed by atoms with E-state index in [0.717, 1.165) is 11.1 Å². The summed E-state index contributed by atoms with van der Waals surface area (Å²) in [6.07, 6.45) is 1.29. The van der Waals surface area contributed by atoms with Crippen LogP contribution in [0.3, 0.4) is 0 Å². The second-order valence-electron chi connectivity index (χ2n) is 5.79. The Bertz CT molecular complexity index is 857. The third kappa shape index (κ3) is 2.34. The second-order valence-corrected chi connectivity index (χ2v) is 7.41. The van der Waals surface area contributed by atoms with Gasteiger partial charge in [0.1, 0.15) is 16.4 Å².